The minimum atomic E-state index is -4.66. The molecular formula is C14H17F3N2O5S. The van der Waals surface area contributed by atoms with Crippen LogP contribution in [0, 0.1) is 0 Å². The topological polar surface area (TPSA) is 104 Å². The van der Waals surface area contributed by atoms with Gasteiger partial charge in [0.2, 0.25) is 15.9 Å². The minimum absolute atomic E-state index is 0.0704. The molecule has 0 aromatic heterocycles. The summed E-state index contributed by atoms with van der Waals surface area (Å²) >= 11 is 0. The summed E-state index contributed by atoms with van der Waals surface area (Å²) in [6.07, 6.45) is -4.69. The molecule has 1 aromatic rings. The summed E-state index contributed by atoms with van der Waals surface area (Å²) in [6, 6.07) is 3.30. The molecule has 1 amide bonds. The van der Waals surface area contributed by atoms with Crippen molar-refractivity contribution in [1.29, 1.82) is 0 Å². The van der Waals surface area contributed by atoms with Crippen LogP contribution in [-0.2, 0) is 25.8 Å². The number of sulfonamides is 1. The summed E-state index contributed by atoms with van der Waals surface area (Å²) in [7, 11) is -2.85. The Morgan fingerprint density at radius 2 is 1.92 bits per heavy atom. The highest BCUT2D eigenvalue weighted by Gasteiger charge is 2.31. The van der Waals surface area contributed by atoms with Crippen LogP contribution in [0.3, 0.4) is 0 Å². The molecular weight excluding hydrogens is 365 g/mol. The van der Waals surface area contributed by atoms with Crippen LogP contribution in [-0.4, -0.2) is 50.4 Å². The molecule has 2 N–H and O–H groups in total. The van der Waals surface area contributed by atoms with Crippen LogP contribution < -0.4 is 4.72 Å². The molecule has 0 spiro atoms. The molecule has 0 aliphatic rings. The van der Waals surface area contributed by atoms with E-state index in [1.807, 2.05) is 0 Å². The summed E-state index contributed by atoms with van der Waals surface area (Å²) < 4.78 is 63.9. The van der Waals surface area contributed by atoms with Gasteiger partial charge in [-0.3, -0.25) is 9.59 Å². The number of nitrogens with one attached hydrogen (secondary N) is 1. The zero-order chi connectivity index (χ0) is 19.3. The van der Waals surface area contributed by atoms with Gasteiger partial charge in [-0.25, -0.2) is 13.1 Å². The van der Waals surface area contributed by atoms with E-state index in [9.17, 15) is 31.2 Å². The first kappa shape index (κ1) is 20.9. The number of benzene rings is 1. The van der Waals surface area contributed by atoms with Crippen LogP contribution in [0.2, 0.25) is 0 Å². The standard InChI is InChI=1S/C14H17F3N2O5S/c1-19(9-13(21)22)12(20)6-3-7-18-25(23,24)11-5-2-4-10(8-11)14(15,16)17/h2,4-5,8,18H,3,6-7,9H2,1H3,(H,21,22). The highest BCUT2D eigenvalue weighted by atomic mass is 32.2. The first-order chi connectivity index (χ1) is 11.4. The molecule has 0 atom stereocenters. The van der Waals surface area contributed by atoms with Crippen molar-refractivity contribution in [3.05, 3.63) is 29.8 Å². The first-order valence-corrected chi connectivity index (χ1v) is 8.54. The molecule has 25 heavy (non-hydrogen) atoms. The maximum Gasteiger partial charge on any atom is 0.416 e. The fourth-order valence-electron chi connectivity index (χ4n) is 1.85. The Hall–Kier alpha value is -2.14. The van der Waals surface area contributed by atoms with Crippen molar-refractivity contribution in [3.63, 3.8) is 0 Å². The summed E-state index contributed by atoms with van der Waals surface area (Å²) in [5.41, 5.74) is -1.08. The van der Waals surface area contributed by atoms with Crippen molar-refractivity contribution in [2.75, 3.05) is 20.1 Å². The lowest BCUT2D eigenvalue weighted by Gasteiger charge is -2.14. The molecule has 0 heterocycles. The average Bonchev–Trinajstić information content (AvgIpc) is 2.50. The molecule has 0 aliphatic heterocycles. The largest absolute Gasteiger partial charge is 0.480 e. The predicted octanol–water partition coefficient (Wildman–Crippen LogP) is 1.31. The Labute approximate surface area is 142 Å². The summed E-state index contributed by atoms with van der Waals surface area (Å²) in [6.45, 7) is -0.653. The van der Waals surface area contributed by atoms with E-state index < -0.39 is 45.1 Å². The van der Waals surface area contributed by atoms with Gasteiger partial charge in [0.1, 0.15) is 6.54 Å². The quantitative estimate of drug-likeness (QED) is 0.660. The van der Waals surface area contributed by atoms with Crippen molar-refractivity contribution in [2.24, 2.45) is 0 Å². The number of hydrogen-bond acceptors (Lipinski definition) is 4. The number of hydrogen-bond donors (Lipinski definition) is 2. The van der Waals surface area contributed by atoms with Crippen molar-refractivity contribution in [1.82, 2.24) is 9.62 Å². The zero-order valence-corrected chi connectivity index (χ0v) is 14.0. The van der Waals surface area contributed by atoms with Gasteiger partial charge in [-0.15, -0.1) is 0 Å². The molecule has 1 rings (SSSR count). The Bertz CT molecular complexity index is 734. The zero-order valence-electron chi connectivity index (χ0n) is 13.2. The van der Waals surface area contributed by atoms with Gasteiger partial charge in [-0.1, -0.05) is 6.07 Å². The smallest absolute Gasteiger partial charge is 0.416 e. The second-order valence-electron chi connectivity index (χ2n) is 5.17. The number of carboxylic acid groups (broad SMARTS) is 1. The molecule has 0 saturated carbocycles. The Morgan fingerprint density at radius 1 is 1.28 bits per heavy atom. The maximum absolute atomic E-state index is 12.6. The van der Waals surface area contributed by atoms with E-state index in [1.165, 1.54) is 7.05 Å². The molecule has 7 nitrogen and oxygen atoms in total. The van der Waals surface area contributed by atoms with Gasteiger partial charge in [0, 0.05) is 20.0 Å². The highest BCUT2D eigenvalue weighted by molar-refractivity contribution is 7.89. The molecule has 0 radical (unpaired) electrons. The molecule has 140 valence electrons. The van der Waals surface area contributed by atoms with E-state index in [0.29, 0.717) is 6.07 Å². The number of carboxylic acids is 1. The van der Waals surface area contributed by atoms with Crippen molar-refractivity contribution < 1.29 is 36.3 Å². The molecule has 1 aromatic carbocycles. The van der Waals surface area contributed by atoms with Crippen LogP contribution in [0.15, 0.2) is 29.2 Å². The third-order valence-electron chi connectivity index (χ3n) is 3.13. The van der Waals surface area contributed by atoms with E-state index in [4.69, 9.17) is 5.11 Å². The molecule has 0 fully saturated rings. The number of carbonyl (C=O) groups excluding carboxylic acids is 1. The van der Waals surface area contributed by atoms with Crippen LogP contribution in [0.25, 0.3) is 0 Å². The lowest BCUT2D eigenvalue weighted by Crippen LogP contribution is -2.32. The van der Waals surface area contributed by atoms with Gasteiger partial charge >= 0.3 is 12.1 Å². The highest BCUT2D eigenvalue weighted by Crippen LogP contribution is 2.30. The van der Waals surface area contributed by atoms with Gasteiger partial charge in [0.05, 0.1) is 10.5 Å². The Morgan fingerprint density at radius 3 is 2.48 bits per heavy atom. The second-order valence-corrected chi connectivity index (χ2v) is 6.94. The maximum atomic E-state index is 12.6. The summed E-state index contributed by atoms with van der Waals surface area (Å²) in [5.74, 6) is -1.67. The number of alkyl halides is 3. The molecule has 0 bridgehead atoms. The van der Waals surface area contributed by atoms with Gasteiger partial charge in [0.15, 0.2) is 0 Å². The number of nitrogens with zero attached hydrogens (tertiary/aromatic N) is 1. The summed E-state index contributed by atoms with van der Waals surface area (Å²) in [5, 5.41) is 8.55. The van der Waals surface area contributed by atoms with Crippen molar-refractivity contribution in [2.45, 2.75) is 23.9 Å². The second kappa shape index (κ2) is 8.30. The van der Waals surface area contributed by atoms with Crippen LogP contribution in [0.1, 0.15) is 18.4 Å². The average molecular weight is 382 g/mol. The van der Waals surface area contributed by atoms with Crippen LogP contribution in [0.4, 0.5) is 13.2 Å². The number of halogens is 3. The minimum Gasteiger partial charge on any atom is -0.480 e. The predicted molar refractivity (Wildman–Crippen MR) is 81.1 cm³/mol. The summed E-state index contributed by atoms with van der Waals surface area (Å²) in [4.78, 5) is 22.5. The third kappa shape index (κ3) is 6.70. The Balaban J connectivity index is 2.60. The van der Waals surface area contributed by atoms with Gasteiger partial charge in [0.25, 0.3) is 0 Å². The molecule has 11 heteroatoms. The molecule has 0 unspecified atom stereocenters. The van der Waals surface area contributed by atoms with E-state index in [2.05, 4.69) is 4.72 Å². The van der Waals surface area contributed by atoms with Gasteiger partial charge in [-0.05, 0) is 24.6 Å². The number of likely N-dealkylation sites (N-methyl/N-ethyl adjacent to an activating group) is 1. The fourth-order valence-corrected chi connectivity index (χ4v) is 2.97. The van der Waals surface area contributed by atoms with Gasteiger partial charge < -0.3 is 10.0 Å². The number of rotatable bonds is 8. The molecule has 0 saturated heterocycles. The van der Waals surface area contributed by atoms with E-state index >= 15 is 0 Å². The normalized spacial score (nSPS) is 12.0. The number of aliphatic carboxylic acids is 1. The lowest BCUT2D eigenvalue weighted by molar-refractivity contribution is -0.143. The number of carbonyl (C=O) groups is 2. The van der Waals surface area contributed by atoms with Crippen LogP contribution in [0.5, 0.6) is 0 Å². The van der Waals surface area contributed by atoms with E-state index in [-0.39, 0.29) is 19.4 Å². The van der Waals surface area contributed by atoms with Crippen molar-refractivity contribution in [3.8, 4) is 0 Å². The monoisotopic (exact) mass is 382 g/mol. The fraction of sp³-hybridized carbons (Fsp3) is 0.429. The van der Waals surface area contributed by atoms with Gasteiger partial charge in [-0.2, -0.15) is 13.2 Å². The van der Waals surface area contributed by atoms with Crippen molar-refractivity contribution >= 4 is 21.9 Å². The molecule has 0 aliphatic carbocycles. The SMILES string of the molecule is CN(CC(=O)O)C(=O)CCCNS(=O)(=O)c1cccc(C(F)(F)F)c1. The third-order valence-corrected chi connectivity index (χ3v) is 4.59. The number of amides is 1. The Kier molecular flexibility index (Phi) is 6.94. The van der Waals surface area contributed by atoms with E-state index in [0.717, 1.165) is 23.1 Å². The first-order valence-electron chi connectivity index (χ1n) is 7.06. The van der Waals surface area contributed by atoms with E-state index in [1.54, 1.807) is 0 Å². The van der Waals surface area contributed by atoms with Crippen LogP contribution >= 0.6 is 0 Å². The lowest BCUT2D eigenvalue weighted by atomic mass is 10.2.